The molecule has 2 heterocycles. The summed E-state index contributed by atoms with van der Waals surface area (Å²) in [5, 5.41) is 21.4. The zero-order valence-corrected chi connectivity index (χ0v) is 12.5. The molecule has 1 aromatic rings. The number of rotatable bonds is 3. The summed E-state index contributed by atoms with van der Waals surface area (Å²) in [6, 6.07) is 1.37. The fraction of sp³-hybridized carbons (Fsp3) is 0.692. The van der Waals surface area contributed by atoms with E-state index in [-0.39, 0.29) is 11.4 Å². The summed E-state index contributed by atoms with van der Waals surface area (Å²) in [7, 11) is 0. The third-order valence-electron chi connectivity index (χ3n) is 3.15. The Morgan fingerprint density at radius 1 is 1.50 bits per heavy atom. The molecule has 2 unspecified atom stereocenters. The minimum absolute atomic E-state index is 0.245. The van der Waals surface area contributed by atoms with Gasteiger partial charge in [0, 0.05) is 11.7 Å². The first-order valence-electron chi connectivity index (χ1n) is 6.76. The molecule has 1 aliphatic rings. The molecule has 0 aromatic carbocycles. The van der Waals surface area contributed by atoms with Crippen molar-refractivity contribution in [3.05, 3.63) is 22.7 Å². The Morgan fingerprint density at radius 3 is 2.59 bits per heavy atom. The van der Waals surface area contributed by atoms with Crippen LogP contribution in [0.15, 0.2) is 17.1 Å². The van der Waals surface area contributed by atoms with Crippen molar-refractivity contribution in [3.8, 4) is 0 Å². The Morgan fingerprint density at radius 2 is 2.14 bits per heavy atom. The van der Waals surface area contributed by atoms with E-state index < -0.39 is 36.7 Å². The molecule has 2 rings (SSSR count). The van der Waals surface area contributed by atoms with Crippen molar-refractivity contribution >= 4 is 5.82 Å². The smallest absolute Gasteiger partial charge is 0.351 e. The molecule has 9 heteroatoms. The quantitative estimate of drug-likeness (QED) is 0.743. The van der Waals surface area contributed by atoms with E-state index >= 15 is 0 Å². The molecule has 0 amide bonds. The van der Waals surface area contributed by atoms with Crippen LogP contribution in [0.4, 0.5) is 14.6 Å². The van der Waals surface area contributed by atoms with E-state index in [1.54, 1.807) is 0 Å². The lowest BCUT2D eigenvalue weighted by atomic mass is 10.1. The zero-order valence-electron chi connectivity index (χ0n) is 12.5. The highest BCUT2D eigenvalue weighted by Gasteiger charge is 2.59. The van der Waals surface area contributed by atoms with Gasteiger partial charge in [-0.05, 0) is 26.8 Å². The van der Waals surface area contributed by atoms with Gasteiger partial charge in [-0.15, -0.1) is 0 Å². The number of halogens is 2. The van der Waals surface area contributed by atoms with E-state index in [2.05, 4.69) is 10.3 Å². The standard InChI is InChI=1S/C13H19F2N3O4/c1-12(2,3)17-8-4-5-18(11(21)16-8)10-13(14,15)9(20)7(6-19)22-10/h4-5,7,9-10,19-20H,6H2,1-3H3,(H,16,17,21)/t7?,9?,10-/m1/s1. The number of aromatic nitrogens is 2. The lowest BCUT2D eigenvalue weighted by Gasteiger charge is -2.23. The highest BCUT2D eigenvalue weighted by Crippen LogP contribution is 2.41. The molecule has 3 atom stereocenters. The molecular weight excluding hydrogens is 300 g/mol. The van der Waals surface area contributed by atoms with E-state index in [0.29, 0.717) is 4.57 Å². The third-order valence-corrected chi connectivity index (χ3v) is 3.15. The van der Waals surface area contributed by atoms with Crippen LogP contribution in [-0.2, 0) is 4.74 Å². The summed E-state index contributed by atoms with van der Waals surface area (Å²) >= 11 is 0. The molecular formula is C13H19F2N3O4. The van der Waals surface area contributed by atoms with Gasteiger partial charge in [0.1, 0.15) is 11.9 Å². The fourth-order valence-electron chi connectivity index (χ4n) is 2.16. The second-order valence-corrected chi connectivity index (χ2v) is 6.21. The van der Waals surface area contributed by atoms with Crippen molar-refractivity contribution in [2.45, 2.75) is 50.7 Å². The van der Waals surface area contributed by atoms with Gasteiger partial charge < -0.3 is 20.3 Å². The summed E-state index contributed by atoms with van der Waals surface area (Å²) in [5.74, 6) is -3.47. The summed E-state index contributed by atoms with van der Waals surface area (Å²) in [6.45, 7) is 4.79. The van der Waals surface area contributed by atoms with Gasteiger partial charge in [-0.3, -0.25) is 4.57 Å². The van der Waals surface area contributed by atoms with Gasteiger partial charge in [0.15, 0.2) is 6.10 Å². The Balaban J connectivity index is 2.32. The number of alkyl halides is 2. The molecule has 7 nitrogen and oxygen atoms in total. The minimum Gasteiger partial charge on any atom is -0.394 e. The van der Waals surface area contributed by atoms with Gasteiger partial charge in [-0.2, -0.15) is 13.8 Å². The topological polar surface area (TPSA) is 96.6 Å². The van der Waals surface area contributed by atoms with Crippen LogP contribution in [0.3, 0.4) is 0 Å². The Kier molecular flexibility index (Phi) is 4.24. The maximum absolute atomic E-state index is 14.0. The summed E-state index contributed by atoms with van der Waals surface area (Å²) in [4.78, 5) is 15.6. The van der Waals surface area contributed by atoms with Gasteiger partial charge in [-0.25, -0.2) is 4.79 Å². The minimum atomic E-state index is -3.71. The van der Waals surface area contributed by atoms with Gasteiger partial charge >= 0.3 is 11.6 Å². The second-order valence-electron chi connectivity index (χ2n) is 6.21. The number of ether oxygens (including phenoxy) is 1. The number of hydrogen-bond acceptors (Lipinski definition) is 6. The highest BCUT2D eigenvalue weighted by molar-refractivity contribution is 5.34. The predicted octanol–water partition coefficient (Wildman–Crippen LogP) is 0.340. The van der Waals surface area contributed by atoms with Crippen LogP contribution < -0.4 is 11.0 Å². The Labute approximate surface area is 125 Å². The van der Waals surface area contributed by atoms with E-state index in [1.807, 2.05) is 20.8 Å². The van der Waals surface area contributed by atoms with Crippen LogP contribution in [0.1, 0.15) is 27.0 Å². The lowest BCUT2D eigenvalue weighted by Crippen LogP contribution is -2.42. The maximum atomic E-state index is 14.0. The van der Waals surface area contributed by atoms with Gasteiger partial charge in [0.05, 0.1) is 6.61 Å². The molecule has 0 spiro atoms. The van der Waals surface area contributed by atoms with E-state index in [0.717, 1.165) is 6.20 Å². The van der Waals surface area contributed by atoms with Crippen molar-refractivity contribution < 1.29 is 23.7 Å². The first-order chi connectivity index (χ1) is 10.1. The molecule has 1 aromatic heterocycles. The number of nitrogens with zero attached hydrogens (tertiary/aromatic N) is 2. The number of aliphatic hydroxyl groups is 2. The number of nitrogens with one attached hydrogen (secondary N) is 1. The van der Waals surface area contributed by atoms with Gasteiger partial charge in [-0.1, -0.05) is 0 Å². The third kappa shape index (κ3) is 3.11. The monoisotopic (exact) mass is 319 g/mol. The van der Waals surface area contributed by atoms with E-state index in [1.165, 1.54) is 6.07 Å². The average molecular weight is 319 g/mol. The van der Waals surface area contributed by atoms with Crippen molar-refractivity contribution in [1.29, 1.82) is 0 Å². The molecule has 1 fully saturated rings. The fourth-order valence-corrected chi connectivity index (χ4v) is 2.16. The summed E-state index contributed by atoms with van der Waals surface area (Å²) < 4.78 is 33.5. The number of hydrogen-bond donors (Lipinski definition) is 3. The van der Waals surface area contributed by atoms with Crippen molar-refractivity contribution in [2.75, 3.05) is 11.9 Å². The SMILES string of the molecule is CC(C)(C)Nc1ccn([C@@H]2OC(CO)C(O)C2(F)F)c(=O)n1. The highest BCUT2D eigenvalue weighted by atomic mass is 19.3. The summed E-state index contributed by atoms with van der Waals surface area (Å²) in [5.41, 5.74) is -1.29. The van der Waals surface area contributed by atoms with Crippen molar-refractivity contribution in [3.63, 3.8) is 0 Å². The molecule has 22 heavy (non-hydrogen) atoms. The maximum Gasteiger partial charge on any atom is 0.351 e. The van der Waals surface area contributed by atoms with E-state index in [9.17, 15) is 18.7 Å². The Hall–Kier alpha value is -1.58. The van der Waals surface area contributed by atoms with Gasteiger partial charge in [0.25, 0.3) is 0 Å². The molecule has 0 radical (unpaired) electrons. The molecule has 1 aliphatic heterocycles. The van der Waals surface area contributed by atoms with Crippen molar-refractivity contribution in [1.82, 2.24) is 9.55 Å². The molecule has 3 N–H and O–H groups in total. The van der Waals surface area contributed by atoms with Gasteiger partial charge in [0.2, 0.25) is 6.23 Å². The Bertz CT molecular complexity index is 600. The molecule has 0 saturated carbocycles. The normalized spacial score (nSPS) is 27.9. The van der Waals surface area contributed by atoms with Crippen LogP contribution in [0.25, 0.3) is 0 Å². The predicted molar refractivity (Wildman–Crippen MR) is 73.8 cm³/mol. The van der Waals surface area contributed by atoms with Crippen LogP contribution in [0, 0.1) is 0 Å². The van der Waals surface area contributed by atoms with Crippen LogP contribution in [0.5, 0.6) is 0 Å². The largest absolute Gasteiger partial charge is 0.394 e. The van der Waals surface area contributed by atoms with Crippen LogP contribution in [0.2, 0.25) is 0 Å². The molecule has 124 valence electrons. The molecule has 0 bridgehead atoms. The van der Waals surface area contributed by atoms with Crippen LogP contribution >= 0.6 is 0 Å². The van der Waals surface area contributed by atoms with Crippen LogP contribution in [-0.4, -0.2) is 50.0 Å². The number of anilines is 1. The average Bonchev–Trinajstić information content (AvgIpc) is 2.60. The number of aliphatic hydroxyl groups excluding tert-OH is 2. The first kappa shape index (κ1) is 16.8. The first-order valence-corrected chi connectivity index (χ1v) is 6.76. The van der Waals surface area contributed by atoms with E-state index in [4.69, 9.17) is 9.84 Å². The molecule has 0 aliphatic carbocycles. The second kappa shape index (κ2) is 5.56. The summed E-state index contributed by atoms with van der Waals surface area (Å²) in [6.07, 6.45) is -4.54. The molecule has 1 saturated heterocycles. The zero-order chi connectivity index (χ0) is 16.7. The van der Waals surface area contributed by atoms with Crippen molar-refractivity contribution in [2.24, 2.45) is 0 Å². The lowest BCUT2D eigenvalue weighted by molar-refractivity contribution is -0.140.